The Morgan fingerprint density at radius 3 is 2.61 bits per heavy atom. The molecule has 0 unspecified atom stereocenters. The highest BCUT2D eigenvalue weighted by Gasteiger charge is 2.22. The van der Waals surface area contributed by atoms with Gasteiger partial charge >= 0.3 is 0 Å². The lowest BCUT2D eigenvalue weighted by molar-refractivity contribution is 0.0925. The van der Waals surface area contributed by atoms with E-state index in [-0.39, 0.29) is 5.78 Å². The summed E-state index contributed by atoms with van der Waals surface area (Å²) in [5, 5.41) is 0. The standard InChI is InChI=1S/C22H26N4O2/c1-17-14-20(18(2)26(17)15-19-6-5-13-28-19)21(27)16-24-9-11-25(12-10-24)22-7-3-4-8-23-22/h3-8,13-14H,9-12,15-16H2,1-2H3. The molecule has 28 heavy (non-hydrogen) atoms. The van der Waals surface area contributed by atoms with Gasteiger partial charge < -0.3 is 13.9 Å². The molecule has 1 aliphatic heterocycles. The summed E-state index contributed by atoms with van der Waals surface area (Å²) >= 11 is 0. The van der Waals surface area contributed by atoms with Crippen LogP contribution >= 0.6 is 0 Å². The van der Waals surface area contributed by atoms with E-state index in [2.05, 4.69) is 19.4 Å². The fourth-order valence-electron chi connectivity index (χ4n) is 3.85. The average molecular weight is 378 g/mol. The summed E-state index contributed by atoms with van der Waals surface area (Å²) < 4.78 is 7.61. The van der Waals surface area contributed by atoms with E-state index in [1.165, 1.54) is 0 Å². The number of ketones is 1. The molecule has 0 saturated carbocycles. The summed E-state index contributed by atoms with van der Waals surface area (Å²) in [6.45, 7) is 8.69. The number of rotatable bonds is 6. The molecule has 3 aromatic heterocycles. The third-order valence-corrected chi connectivity index (χ3v) is 5.48. The Labute approximate surface area is 165 Å². The molecule has 0 atom stereocenters. The summed E-state index contributed by atoms with van der Waals surface area (Å²) in [5.41, 5.74) is 2.90. The third kappa shape index (κ3) is 3.87. The fourth-order valence-corrected chi connectivity index (χ4v) is 3.85. The van der Waals surface area contributed by atoms with Gasteiger partial charge in [0, 0.05) is 49.3 Å². The largest absolute Gasteiger partial charge is 0.467 e. The van der Waals surface area contributed by atoms with Crippen molar-refractivity contribution >= 4 is 11.6 Å². The van der Waals surface area contributed by atoms with Crippen molar-refractivity contribution in [1.29, 1.82) is 0 Å². The second-order valence-corrected chi connectivity index (χ2v) is 7.32. The van der Waals surface area contributed by atoms with Gasteiger partial charge in [0.1, 0.15) is 11.6 Å². The van der Waals surface area contributed by atoms with E-state index in [9.17, 15) is 4.79 Å². The van der Waals surface area contributed by atoms with Gasteiger partial charge in [-0.05, 0) is 44.2 Å². The lowest BCUT2D eigenvalue weighted by Crippen LogP contribution is -2.48. The Bertz CT molecular complexity index is 923. The van der Waals surface area contributed by atoms with Crippen molar-refractivity contribution in [2.45, 2.75) is 20.4 Å². The van der Waals surface area contributed by atoms with E-state index in [4.69, 9.17) is 4.42 Å². The average Bonchev–Trinajstić information content (AvgIpc) is 3.33. The van der Waals surface area contributed by atoms with Crippen LogP contribution in [0.4, 0.5) is 5.82 Å². The molecule has 4 rings (SSSR count). The molecule has 0 spiro atoms. The molecular weight excluding hydrogens is 352 g/mol. The number of hydrogen-bond acceptors (Lipinski definition) is 5. The molecule has 1 fully saturated rings. The van der Waals surface area contributed by atoms with Gasteiger partial charge in [-0.1, -0.05) is 6.07 Å². The minimum absolute atomic E-state index is 0.185. The zero-order valence-electron chi connectivity index (χ0n) is 16.5. The van der Waals surface area contributed by atoms with Crippen LogP contribution in [0.25, 0.3) is 0 Å². The predicted molar refractivity (Wildman–Crippen MR) is 109 cm³/mol. The van der Waals surface area contributed by atoms with E-state index in [1.807, 2.05) is 56.4 Å². The number of hydrogen-bond donors (Lipinski definition) is 0. The summed E-state index contributed by atoms with van der Waals surface area (Å²) in [7, 11) is 0. The maximum absolute atomic E-state index is 12.9. The maximum Gasteiger partial charge on any atom is 0.178 e. The first-order chi connectivity index (χ1) is 13.6. The van der Waals surface area contributed by atoms with E-state index in [0.29, 0.717) is 13.1 Å². The molecule has 1 aliphatic rings. The molecule has 1 saturated heterocycles. The lowest BCUT2D eigenvalue weighted by Gasteiger charge is -2.35. The number of nitrogens with zero attached hydrogens (tertiary/aromatic N) is 4. The Hall–Kier alpha value is -2.86. The van der Waals surface area contributed by atoms with Crippen LogP contribution in [-0.2, 0) is 6.54 Å². The molecule has 146 valence electrons. The van der Waals surface area contributed by atoms with Crippen molar-refractivity contribution in [3.63, 3.8) is 0 Å². The van der Waals surface area contributed by atoms with Crippen LogP contribution in [0.1, 0.15) is 27.5 Å². The minimum atomic E-state index is 0.185. The number of furan rings is 1. The first-order valence-corrected chi connectivity index (χ1v) is 9.72. The number of carbonyl (C=O) groups is 1. The van der Waals surface area contributed by atoms with Gasteiger partial charge in [-0.3, -0.25) is 9.69 Å². The highest BCUT2D eigenvalue weighted by molar-refractivity contribution is 5.99. The molecule has 6 nitrogen and oxygen atoms in total. The SMILES string of the molecule is Cc1cc(C(=O)CN2CCN(c3ccccn3)CC2)c(C)n1Cc1ccco1. The monoisotopic (exact) mass is 378 g/mol. The highest BCUT2D eigenvalue weighted by Crippen LogP contribution is 2.19. The Morgan fingerprint density at radius 1 is 1.11 bits per heavy atom. The topological polar surface area (TPSA) is 54.5 Å². The molecule has 3 aromatic rings. The summed E-state index contributed by atoms with van der Waals surface area (Å²) in [4.78, 5) is 21.9. The Balaban J connectivity index is 1.38. The minimum Gasteiger partial charge on any atom is -0.467 e. The molecule has 0 bridgehead atoms. The van der Waals surface area contributed by atoms with Crippen LogP contribution in [0.15, 0.2) is 53.3 Å². The van der Waals surface area contributed by atoms with Gasteiger partial charge in [-0.15, -0.1) is 0 Å². The number of aryl methyl sites for hydroxylation is 1. The van der Waals surface area contributed by atoms with Gasteiger partial charge in [0.25, 0.3) is 0 Å². The van der Waals surface area contributed by atoms with Gasteiger partial charge in [0.05, 0.1) is 19.4 Å². The van der Waals surface area contributed by atoms with Gasteiger partial charge in [0.2, 0.25) is 0 Å². The summed E-state index contributed by atoms with van der Waals surface area (Å²) in [6.07, 6.45) is 3.50. The van der Waals surface area contributed by atoms with Gasteiger partial charge in [0.15, 0.2) is 5.78 Å². The van der Waals surface area contributed by atoms with Crippen molar-refractivity contribution in [3.8, 4) is 0 Å². The Morgan fingerprint density at radius 2 is 1.93 bits per heavy atom. The summed E-state index contributed by atoms with van der Waals surface area (Å²) in [5.74, 6) is 2.09. The molecular formula is C22H26N4O2. The molecule has 0 radical (unpaired) electrons. The van der Waals surface area contributed by atoms with Crippen LogP contribution in [0.2, 0.25) is 0 Å². The van der Waals surface area contributed by atoms with E-state index in [0.717, 1.165) is 54.7 Å². The zero-order valence-corrected chi connectivity index (χ0v) is 16.5. The van der Waals surface area contributed by atoms with E-state index in [1.54, 1.807) is 6.26 Å². The first kappa shape index (κ1) is 18.5. The second-order valence-electron chi connectivity index (χ2n) is 7.32. The predicted octanol–water partition coefficient (Wildman–Crippen LogP) is 3.15. The van der Waals surface area contributed by atoms with Gasteiger partial charge in [-0.25, -0.2) is 4.98 Å². The fraction of sp³-hybridized carbons (Fsp3) is 0.364. The number of piperazine rings is 1. The van der Waals surface area contributed by atoms with Crippen LogP contribution in [0.5, 0.6) is 0 Å². The number of pyridine rings is 1. The van der Waals surface area contributed by atoms with E-state index < -0.39 is 0 Å². The molecule has 4 heterocycles. The van der Waals surface area contributed by atoms with Crippen molar-refractivity contribution in [2.24, 2.45) is 0 Å². The molecule has 6 heteroatoms. The first-order valence-electron chi connectivity index (χ1n) is 9.72. The molecule has 0 aliphatic carbocycles. The number of carbonyl (C=O) groups excluding carboxylic acids is 1. The third-order valence-electron chi connectivity index (χ3n) is 5.48. The summed E-state index contributed by atoms with van der Waals surface area (Å²) in [6, 6.07) is 11.8. The number of anilines is 1. The zero-order chi connectivity index (χ0) is 19.5. The second kappa shape index (κ2) is 8.02. The van der Waals surface area contributed by atoms with Crippen molar-refractivity contribution in [1.82, 2.24) is 14.5 Å². The number of Topliss-reactive ketones (excluding diaryl/α,β-unsaturated/α-hetero) is 1. The smallest absolute Gasteiger partial charge is 0.178 e. The van der Waals surface area contributed by atoms with Gasteiger partial charge in [-0.2, -0.15) is 0 Å². The van der Waals surface area contributed by atoms with Crippen molar-refractivity contribution in [2.75, 3.05) is 37.6 Å². The lowest BCUT2D eigenvalue weighted by atomic mass is 10.1. The maximum atomic E-state index is 12.9. The van der Waals surface area contributed by atoms with Crippen LogP contribution in [0, 0.1) is 13.8 Å². The Kier molecular flexibility index (Phi) is 5.30. The van der Waals surface area contributed by atoms with Crippen LogP contribution in [0.3, 0.4) is 0 Å². The highest BCUT2D eigenvalue weighted by atomic mass is 16.3. The van der Waals surface area contributed by atoms with E-state index >= 15 is 0 Å². The quantitative estimate of drug-likeness (QED) is 0.617. The van der Waals surface area contributed by atoms with Crippen LogP contribution in [-0.4, -0.2) is 53.0 Å². The normalized spacial score (nSPS) is 15.1. The molecule has 0 aromatic carbocycles. The van der Waals surface area contributed by atoms with Crippen LogP contribution < -0.4 is 4.90 Å². The van der Waals surface area contributed by atoms with Crippen molar-refractivity contribution in [3.05, 3.63) is 71.6 Å². The van der Waals surface area contributed by atoms with Crippen molar-refractivity contribution < 1.29 is 9.21 Å². The molecule has 0 amide bonds. The number of aromatic nitrogens is 2. The molecule has 0 N–H and O–H groups in total.